The second kappa shape index (κ2) is 8.87. The van der Waals surface area contributed by atoms with E-state index in [4.69, 9.17) is 4.98 Å². The molecule has 3 aromatic rings. The Morgan fingerprint density at radius 2 is 1.86 bits per heavy atom. The zero-order valence-corrected chi connectivity index (χ0v) is 20.8. The number of benzene rings is 1. The Hall–Kier alpha value is -3.04. The SMILES string of the molecule is O=C1CCC(N2Cc3cc(C4CCN(Cc5cn6cc(Br)ccc6n5)CC4)ccc3C2=O)C(=O)N1. The number of fused-ring (bicyclic) bond motifs is 2. The van der Waals surface area contributed by atoms with Gasteiger partial charge in [0.2, 0.25) is 11.8 Å². The minimum Gasteiger partial charge on any atom is -0.322 e. The highest BCUT2D eigenvalue weighted by Gasteiger charge is 2.39. The number of nitrogens with one attached hydrogen (secondary N) is 1. The largest absolute Gasteiger partial charge is 0.322 e. The van der Waals surface area contributed by atoms with Crippen LogP contribution in [0.15, 0.2) is 47.2 Å². The third-order valence-electron chi connectivity index (χ3n) is 7.46. The van der Waals surface area contributed by atoms with E-state index in [0.29, 0.717) is 24.4 Å². The van der Waals surface area contributed by atoms with Gasteiger partial charge >= 0.3 is 0 Å². The maximum atomic E-state index is 13.0. The summed E-state index contributed by atoms with van der Waals surface area (Å²) in [6, 6.07) is 9.59. The van der Waals surface area contributed by atoms with Crippen LogP contribution in [0, 0.1) is 0 Å². The number of hydrogen-bond donors (Lipinski definition) is 1. The van der Waals surface area contributed by atoms with E-state index in [1.54, 1.807) is 4.90 Å². The topological polar surface area (TPSA) is 87.0 Å². The molecule has 3 aliphatic rings. The second-order valence-corrected chi connectivity index (χ2v) is 10.6. The van der Waals surface area contributed by atoms with Crippen LogP contribution in [0.2, 0.25) is 0 Å². The third kappa shape index (κ3) is 4.27. The van der Waals surface area contributed by atoms with Gasteiger partial charge in [0, 0.05) is 41.9 Å². The molecular formula is C26H26BrN5O3. The number of carbonyl (C=O) groups is 3. The summed E-state index contributed by atoms with van der Waals surface area (Å²) >= 11 is 3.51. The van der Waals surface area contributed by atoms with Crippen LogP contribution < -0.4 is 5.32 Å². The number of carbonyl (C=O) groups excluding carboxylic acids is 3. The summed E-state index contributed by atoms with van der Waals surface area (Å²) in [6.45, 7) is 3.27. The summed E-state index contributed by atoms with van der Waals surface area (Å²) < 4.78 is 3.09. The van der Waals surface area contributed by atoms with Crippen LogP contribution >= 0.6 is 15.9 Å². The normalized spacial score (nSPS) is 21.6. The number of amides is 3. The zero-order valence-electron chi connectivity index (χ0n) is 19.2. The number of imide groups is 1. The molecule has 3 aliphatic heterocycles. The Morgan fingerprint density at radius 3 is 2.66 bits per heavy atom. The molecule has 0 bridgehead atoms. The maximum absolute atomic E-state index is 13.0. The molecule has 3 amide bonds. The Morgan fingerprint density at radius 1 is 1.03 bits per heavy atom. The molecular weight excluding hydrogens is 510 g/mol. The molecule has 2 aromatic heterocycles. The molecule has 35 heavy (non-hydrogen) atoms. The fraction of sp³-hybridized carbons (Fsp3) is 0.385. The molecule has 0 saturated carbocycles. The molecule has 2 saturated heterocycles. The fourth-order valence-electron chi connectivity index (χ4n) is 5.60. The van der Waals surface area contributed by atoms with Crippen LogP contribution in [0.3, 0.4) is 0 Å². The number of nitrogens with zero attached hydrogens (tertiary/aromatic N) is 4. The number of hydrogen-bond acceptors (Lipinski definition) is 5. The summed E-state index contributed by atoms with van der Waals surface area (Å²) in [4.78, 5) is 45.5. The van der Waals surface area contributed by atoms with E-state index in [9.17, 15) is 14.4 Å². The molecule has 2 fully saturated rings. The van der Waals surface area contributed by atoms with E-state index >= 15 is 0 Å². The minimum absolute atomic E-state index is 0.115. The van der Waals surface area contributed by atoms with Crippen molar-refractivity contribution in [2.45, 2.75) is 50.7 Å². The van der Waals surface area contributed by atoms with E-state index < -0.39 is 6.04 Å². The van der Waals surface area contributed by atoms with Crippen molar-refractivity contribution in [2.24, 2.45) is 0 Å². The number of likely N-dealkylation sites (tertiary alicyclic amines) is 1. The van der Waals surface area contributed by atoms with Crippen molar-refractivity contribution < 1.29 is 14.4 Å². The Kier molecular flexibility index (Phi) is 5.69. The van der Waals surface area contributed by atoms with Gasteiger partial charge in [-0.1, -0.05) is 12.1 Å². The molecule has 1 aromatic carbocycles. The van der Waals surface area contributed by atoms with Crippen molar-refractivity contribution >= 4 is 39.3 Å². The minimum atomic E-state index is -0.569. The highest BCUT2D eigenvalue weighted by atomic mass is 79.9. The molecule has 9 heteroatoms. The molecule has 6 rings (SSSR count). The average molecular weight is 536 g/mol. The van der Waals surface area contributed by atoms with E-state index in [2.05, 4.69) is 48.9 Å². The highest BCUT2D eigenvalue weighted by Crippen LogP contribution is 2.34. The molecule has 0 spiro atoms. The first-order chi connectivity index (χ1) is 16.9. The standard InChI is InChI=1S/C26H26BrN5O3/c27-19-2-5-23-28-20(15-31(23)13-19)14-30-9-7-16(8-10-30)17-1-3-21-18(11-17)12-32(26(21)35)22-4-6-24(33)29-25(22)34/h1-3,5,11,13,15-16,22H,4,6-10,12,14H2,(H,29,33,34). The molecule has 0 radical (unpaired) electrons. The number of rotatable bonds is 4. The van der Waals surface area contributed by atoms with Gasteiger partial charge < -0.3 is 9.30 Å². The summed E-state index contributed by atoms with van der Waals surface area (Å²) in [5, 5.41) is 2.36. The Balaban J connectivity index is 1.10. The molecule has 1 unspecified atom stereocenters. The summed E-state index contributed by atoms with van der Waals surface area (Å²) in [5.74, 6) is -0.296. The van der Waals surface area contributed by atoms with Crippen LogP contribution in [0.1, 0.15) is 58.8 Å². The monoisotopic (exact) mass is 535 g/mol. The van der Waals surface area contributed by atoms with Crippen molar-refractivity contribution in [2.75, 3.05) is 13.1 Å². The summed E-state index contributed by atoms with van der Waals surface area (Å²) in [7, 11) is 0. The van der Waals surface area contributed by atoms with Crippen molar-refractivity contribution in [1.82, 2.24) is 24.5 Å². The van der Waals surface area contributed by atoms with Crippen LogP contribution in [0.5, 0.6) is 0 Å². The zero-order chi connectivity index (χ0) is 24.1. The molecule has 5 heterocycles. The smallest absolute Gasteiger partial charge is 0.255 e. The van der Waals surface area contributed by atoms with Crippen molar-refractivity contribution in [1.29, 1.82) is 0 Å². The average Bonchev–Trinajstić information content (AvgIpc) is 3.39. The predicted molar refractivity (Wildman–Crippen MR) is 133 cm³/mol. The number of imidazole rings is 1. The van der Waals surface area contributed by atoms with Crippen LogP contribution in [-0.2, 0) is 22.7 Å². The number of piperidine rings is 2. The van der Waals surface area contributed by atoms with Gasteiger partial charge in [-0.3, -0.25) is 24.6 Å². The van der Waals surface area contributed by atoms with Gasteiger partial charge in [-0.2, -0.15) is 0 Å². The first-order valence-electron chi connectivity index (χ1n) is 12.1. The second-order valence-electron chi connectivity index (χ2n) is 9.71. The number of halogens is 1. The lowest BCUT2D eigenvalue weighted by Crippen LogP contribution is -2.52. The van der Waals surface area contributed by atoms with E-state index in [-0.39, 0.29) is 24.1 Å². The van der Waals surface area contributed by atoms with E-state index in [1.807, 2.05) is 24.4 Å². The third-order valence-corrected chi connectivity index (χ3v) is 7.93. The van der Waals surface area contributed by atoms with Gasteiger partial charge in [0.1, 0.15) is 11.7 Å². The van der Waals surface area contributed by atoms with Crippen LogP contribution in [0.25, 0.3) is 5.65 Å². The molecule has 8 nitrogen and oxygen atoms in total. The molecule has 1 N–H and O–H groups in total. The van der Waals surface area contributed by atoms with Gasteiger partial charge in [0.05, 0.1) is 5.69 Å². The lowest BCUT2D eigenvalue weighted by molar-refractivity contribution is -0.136. The van der Waals surface area contributed by atoms with Gasteiger partial charge in [-0.15, -0.1) is 0 Å². The van der Waals surface area contributed by atoms with E-state index in [1.165, 1.54) is 5.56 Å². The first kappa shape index (κ1) is 22.4. The van der Waals surface area contributed by atoms with Crippen molar-refractivity contribution in [3.8, 4) is 0 Å². The predicted octanol–water partition coefficient (Wildman–Crippen LogP) is 3.24. The van der Waals surface area contributed by atoms with Crippen molar-refractivity contribution in [3.05, 3.63) is 69.6 Å². The number of pyridine rings is 1. The summed E-state index contributed by atoms with van der Waals surface area (Å²) in [6.07, 6.45) is 6.90. The van der Waals surface area contributed by atoms with Gasteiger partial charge in [0.25, 0.3) is 5.91 Å². The molecule has 0 aliphatic carbocycles. The van der Waals surface area contributed by atoms with Crippen molar-refractivity contribution in [3.63, 3.8) is 0 Å². The van der Waals surface area contributed by atoms with Gasteiger partial charge in [0.15, 0.2) is 0 Å². The van der Waals surface area contributed by atoms with Gasteiger partial charge in [-0.05, 0) is 83.5 Å². The Labute approximate surface area is 211 Å². The quantitative estimate of drug-likeness (QED) is 0.518. The highest BCUT2D eigenvalue weighted by molar-refractivity contribution is 9.10. The lowest BCUT2D eigenvalue weighted by Gasteiger charge is -2.31. The van der Waals surface area contributed by atoms with E-state index in [0.717, 1.165) is 53.9 Å². The summed E-state index contributed by atoms with van der Waals surface area (Å²) in [5.41, 5.74) is 4.95. The number of aromatic nitrogens is 2. The first-order valence-corrected chi connectivity index (χ1v) is 12.9. The molecule has 1 atom stereocenters. The Bertz CT molecular complexity index is 1340. The van der Waals surface area contributed by atoms with Gasteiger partial charge in [-0.25, -0.2) is 4.98 Å². The maximum Gasteiger partial charge on any atom is 0.255 e. The lowest BCUT2D eigenvalue weighted by atomic mass is 9.88. The fourth-order valence-corrected chi connectivity index (χ4v) is 5.95. The van der Waals surface area contributed by atoms with Crippen LogP contribution in [-0.4, -0.2) is 56.0 Å². The van der Waals surface area contributed by atoms with Crippen LogP contribution in [0.4, 0.5) is 0 Å². The molecule has 180 valence electrons.